The second-order valence-electron chi connectivity index (χ2n) is 8.09. The van der Waals surface area contributed by atoms with Crippen LogP contribution in [-0.2, 0) is 22.2 Å². The molecule has 1 heterocycles. The number of thiophene rings is 1. The van der Waals surface area contributed by atoms with E-state index in [0.29, 0.717) is 21.8 Å². The molecule has 5 rings (SSSR count). The Hall–Kier alpha value is -3.74. The minimum absolute atomic E-state index is 0.109. The fraction of sp³-hybridized carbons (Fsp3) is 0.0690. The molecule has 0 aliphatic carbocycles. The van der Waals surface area contributed by atoms with Crippen molar-refractivity contribution in [2.24, 2.45) is 0 Å². The maximum atomic E-state index is 13.0. The third-order valence-corrected chi connectivity index (χ3v) is 8.69. The van der Waals surface area contributed by atoms with Crippen molar-refractivity contribution in [3.05, 3.63) is 120 Å². The van der Waals surface area contributed by atoms with E-state index in [9.17, 15) is 13.2 Å². The van der Waals surface area contributed by atoms with Crippen LogP contribution in [0.4, 0.5) is 0 Å². The highest BCUT2D eigenvalue weighted by Crippen LogP contribution is 2.45. The van der Waals surface area contributed by atoms with Gasteiger partial charge in [0.1, 0.15) is 12.4 Å². The number of ether oxygens (including phenoxy) is 1. The van der Waals surface area contributed by atoms with Gasteiger partial charge in [-0.2, -0.15) is 0 Å². The molecule has 174 valence electrons. The van der Waals surface area contributed by atoms with Gasteiger partial charge in [0, 0.05) is 21.2 Å². The van der Waals surface area contributed by atoms with Gasteiger partial charge in [0.25, 0.3) is 0 Å². The first-order valence-electron chi connectivity index (χ1n) is 11.1. The highest BCUT2D eigenvalue weighted by molar-refractivity contribution is 7.90. The van der Waals surface area contributed by atoms with Gasteiger partial charge in [-0.3, -0.25) is 4.79 Å². The van der Waals surface area contributed by atoms with Gasteiger partial charge >= 0.3 is 0 Å². The van der Waals surface area contributed by atoms with Crippen LogP contribution in [0.3, 0.4) is 0 Å². The molecule has 0 bridgehead atoms. The predicted octanol–water partition coefficient (Wildman–Crippen LogP) is 6.93. The molecular weight excluding hydrogens is 476 g/mol. The SMILES string of the molecule is O=Cc1ccccc1-c1sc2ccccc2c1OCc1ccccc1CS(=O)(=O)c1ccccc1. The lowest BCUT2D eigenvalue weighted by Gasteiger charge is -2.13. The highest BCUT2D eigenvalue weighted by atomic mass is 32.2. The minimum Gasteiger partial charge on any atom is -0.487 e. The average molecular weight is 499 g/mol. The highest BCUT2D eigenvalue weighted by Gasteiger charge is 2.20. The molecule has 0 unspecified atom stereocenters. The van der Waals surface area contributed by atoms with Crippen molar-refractivity contribution in [2.75, 3.05) is 0 Å². The molecule has 0 fully saturated rings. The van der Waals surface area contributed by atoms with Gasteiger partial charge in [0.2, 0.25) is 0 Å². The van der Waals surface area contributed by atoms with Crippen LogP contribution in [0, 0.1) is 0 Å². The number of carbonyl (C=O) groups excluding carboxylic acids is 1. The summed E-state index contributed by atoms with van der Waals surface area (Å²) in [6.07, 6.45) is 0.854. The molecule has 0 N–H and O–H groups in total. The van der Waals surface area contributed by atoms with E-state index in [-0.39, 0.29) is 12.4 Å². The lowest BCUT2D eigenvalue weighted by atomic mass is 10.1. The molecule has 35 heavy (non-hydrogen) atoms. The molecule has 0 saturated carbocycles. The Morgan fingerprint density at radius 2 is 1.40 bits per heavy atom. The van der Waals surface area contributed by atoms with Crippen LogP contribution in [-0.4, -0.2) is 14.7 Å². The molecule has 0 spiro atoms. The van der Waals surface area contributed by atoms with E-state index in [1.165, 1.54) is 0 Å². The normalized spacial score (nSPS) is 11.4. The number of hydrogen-bond donors (Lipinski definition) is 0. The van der Waals surface area contributed by atoms with Gasteiger partial charge < -0.3 is 4.74 Å². The van der Waals surface area contributed by atoms with Crippen LogP contribution in [0.2, 0.25) is 0 Å². The lowest BCUT2D eigenvalue weighted by Crippen LogP contribution is -2.08. The zero-order valence-corrected chi connectivity index (χ0v) is 20.4. The van der Waals surface area contributed by atoms with Crippen LogP contribution in [0.5, 0.6) is 5.75 Å². The molecule has 0 saturated heterocycles. The number of rotatable bonds is 8. The van der Waals surface area contributed by atoms with Crippen molar-refractivity contribution in [1.82, 2.24) is 0 Å². The Bertz CT molecular complexity index is 1600. The Morgan fingerprint density at radius 1 is 0.743 bits per heavy atom. The number of benzene rings is 4. The van der Waals surface area contributed by atoms with Crippen molar-refractivity contribution in [3.63, 3.8) is 0 Å². The third-order valence-electron chi connectivity index (χ3n) is 5.82. The van der Waals surface area contributed by atoms with Crippen LogP contribution in [0.15, 0.2) is 108 Å². The van der Waals surface area contributed by atoms with Gasteiger partial charge in [0.15, 0.2) is 16.1 Å². The minimum atomic E-state index is -3.50. The van der Waals surface area contributed by atoms with Gasteiger partial charge in [-0.15, -0.1) is 11.3 Å². The molecule has 0 aliphatic rings. The summed E-state index contributed by atoms with van der Waals surface area (Å²) in [7, 11) is -3.50. The quantitative estimate of drug-likeness (QED) is 0.218. The summed E-state index contributed by atoms with van der Waals surface area (Å²) in [6.45, 7) is 0.206. The van der Waals surface area contributed by atoms with E-state index in [0.717, 1.165) is 32.4 Å². The standard InChI is InChI=1S/C29H22O4S2/c30-18-21-10-6-7-15-25(21)29-28(26-16-8-9-17-27(26)34-29)33-19-22-11-4-5-12-23(22)20-35(31,32)24-13-2-1-3-14-24/h1-18H,19-20H2. The summed E-state index contributed by atoms with van der Waals surface area (Å²) < 4.78 is 33.4. The first-order valence-corrected chi connectivity index (χ1v) is 13.6. The van der Waals surface area contributed by atoms with Crippen LogP contribution < -0.4 is 4.74 Å². The molecule has 0 amide bonds. The topological polar surface area (TPSA) is 60.4 Å². The number of sulfone groups is 1. The maximum absolute atomic E-state index is 13.0. The zero-order chi connectivity index (χ0) is 24.3. The molecule has 0 aliphatic heterocycles. The van der Waals surface area contributed by atoms with Crippen molar-refractivity contribution in [1.29, 1.82) is 0 Å². The smallest absolute Gasteiger partial charge is 0.182 e. The van der Waals surface area contributed by atoms with Crippen LogP contribution in [0.1, 0.15) is 21.5 Å². The molecule has 4 nitrogen and oxygen atoms in total. The molecule has 5 aromatic rings. The van der Waals surface area contributed by atoms with Crippen molar-refractivity contribution < 1.29 is 17.9 Å². The second-order valence-corrected chi connectivity index (χ2v) is 11.1. The van der Waals surface area contributed by atoms with Crippen LogP contribution in [0.25, 0.3) is 20.5 Å². The number of fused-ring (bicyclic) bond motifs is 1. The first-order chi connectivity index (χ1) is 17.1. The van der Waals surface area contributed by atoms with Crippen molar-refractivity contribution in [2.45, 2.75) is 17.3 Å². The maximum Gasteiger partial charge on any atom is 0.182 e. The summed E-state index contributed by atoms with van der Waals surface area (Å²) in [5.74, 6) is 0.586. The van der Waals surface area contributed by atoms with E-state index in [2.05, 4.69) is 0 Å². The molecule has 0 radical (unpaired) electrons. The summed E-state index contributed by atoms with van der Waals surface area (Å²) in [6, 6.07) is 31.3. The summed E-state index contributed by atoms with van der Waals surface area (Å²) >= 11 is 1.57. The fourth-order valence-electron chi connectivity index (χ4n) is 4.05. The lowest BCUT2D eigenvalue weighted by molar-refractivity contribution is 0.112. The summed E-state index contributed by atoms with van der Waals surface area (Å²) in [4.78, 5) is 12.9. The van der Waals surface area contributed by atoms with Gasteiger partial charge in [-0.1, -0.05) is 78.9 Å². The van der Waals surface area contributed by atoms with Crippen LogP contribution >= 0.6 is 11.3 Å². The van der Waals surface area contributed by atoms with E-state index < -0.39 is 9.84 Å². The zero-order valence-electron chi connectivity index (χ0n) is 18.8. The van der Waals surface area contributed by atoms with Gasteiger partial charge in [-0.25, -0.2) is 8.42 Å². The van der Waals surface area contributed by atoms with E-state index in [4.69, 9.17) is 4.74 Å². The van der Waals surface area contributed by atoms with Gasteiger partial charge in [0.05, 0.1) is 15.5 Å². The number of carbonyl (C=O) groups is 1. The predicted molar refractivity (Wildman–Crippen MR) is 141 cm³/mol. The molecule has 0 atom stereocenters. The molecule has 1 aromatic heterocycles. The number of aldehydes is 1. The van der Waals surface area contributed by atoms with Gasteiger partial charge in [-0.05, 0) is 35.4 Å². The Morgan fingerprint density at radius 3 is 2.20 bits per heavy atom. The average Bonchev–Trinajstić information content (AvgIpc) is 3.27. The van der Waals surface area contributed by atoms with E-state index in [1.807, 2.05) is 66.7 Å². The molecule has 4 aromatic carbocycles. The molecule has 6 heteroatoms. The van der Waals surface area contributed by atoms with E-state index >= 15 is 0 Å². The second kappa shape index (κ2) is 9.86. The number of hydrogen-bond acceptors (Lipinski definition) is 5. The Kier molecular flexibility index (Phi) is 6.49. The van der Waals surface area contributed by atoms with E-state index in [1.54, 1.807) is 47.7 Å². The third kappa shape index (κ3) is 4.76. The monoisotopic (exact) mass is 498 g/mol. The first kappa shape index (κ1) is 23.0. The summed E-state index contributed by atoms with van der Waals surface area (Å²) in [5.41, 5.74) is 2.92. The Labute approximate surface area is 208 Å². The summed E-state index contributed by atoms with van der Waals surface area (Å²) in [5, 5.41) is 0.961. The fourth-order valence-corrected chi connectivity index (χ4v) is 6.68. The largest absolute Gasteiger partial charge is 0.487 e. The van der Waals surface area contributed by atoms with Crippen molar-refractivity contribution >= 4 is 37.5 Å². The molecular formula is C29H22O4S2. The van der Waals surface area contributed by atoms with Crippen molar-refractivity contribution in [3.8, 4) is 16.2 Å². The Balaban J connectivity index is 1.50.